The van der Waals surface area contributed by atoms with Crippen LogP contribution in [0.4, 0.5) is 4.79 Å². The minimum atomic E-state index is 0.227. The number of nitrogens with zero attached hydrogens (tertiary/aromatic N) is 7. The molecule has 4 unspecified atom stereocenters. The van der Waals surface area contributed by atoms with Crippen molar-refractivity contribution in [1.82, 2.24) is 39.4 Å². The Morgan fingerprint density at radius 1 is 1.17 bits per heavy atom. The number of hydrogen-bond donors (Lipinski definition) is 2. The van der Waals surface area contributed by atoms with E-state index in [4.69, 9.17) is 10.8 Å². The van der Waals surface area contributed by atoms with E-state index in [1.165, 1.54) is 0 Å². The molecule has 3 fully saturated rings. The number of nitrogens with two attached hydrogens (primary N) is 1. The number of carbonyl (C=O) groups is 1. The van der Waals surface area contributed by atoms with Gasteiger partial charge in [-0.15, -0.1) is 0 Å². The van der Waals surface area contributed by atoms with Gasteiger partial charge in [0.1, 0.15) is 12.0 Å². The molecule has 3 N–H and O–H groups in total. The number of amides is 2. The summed E-state index contributed by atoms with van der Waals surface area (Å²) in [6, 6.07) is 3.44. The summed E-state index contributed by atoms with van der Waals surface area (Å²) in [5.74, 6) is 0.464. The van der Waals surface area contributed by atoms with E-state index >= 15 is 0 Å². The maximum absolute atomic E-state index is 13.0. The van der Waals surface area contributed by atoms with E-state index in [0.29, 0.717) is 30.6 Å². The lowest BCUT2D eigenvalue weighted by Crippen LogP contribution is -2.60. The largest absolute Gasteiger partial charge is 0.346 e. The molecule has 1 aliphatic carbocycles. The molecule has 0 radical (unpaired) electrons. The summed E-state index contributed by atoms with van der Waals surface area (Å²) >= 11 is 0. The Hall–Kier alpha value is -2.98. The molecule has 10 nitrogen and oxygen atoms in total. The minimum absolute atomic E-state index is 0.227. The molecule has 3 aromatic rings. The molecule has 2 aliphatic heterocycles. The van der Waals surface area contributed by atoms with Gasteiger partial charge < -0.3 is 20.5 Å². The fourth-order valence-corrected chi connectivity index (χ4v) is 6.35. The van der Waals surface area contributed by atoms with E-state index in [1.54, 1.807) is 6.33 Å². The van der Waals surface area contributed by atoms with Crippen molar-refractivity contribution in [2.45, 2.75) is 50.7 Å². The number of nitrogens with one attached hydrogen (secondary N) is 1. The molecule has 6 rings (SSSR count). The second-order valence-corrected chi connectivity index (χ2v) is 10.3. The molecule has 1 saturated carbocycles. The molecular formula is C25H35N9O. The average Bonchev–Trinajstić information content (AvgIpc) is 3.63. The molecule has 186 valence electrons. The van der Waals surface area contributed by atoms with Gasteiger partial charge in [0, 0.05) is 68.2 Å². The van der Waals surface area contributed by atoms with Crippen LogP contribution in [-0.4, -0.2) is 96.8 Å². The molecular weight excluding hydrogens is 442 g/mol. The van der Waals surface area contributed by atoms with Crippen LogP contribution in [0.1, 0.15) is 38.6 Å². The van der Waals surface area contributed by atoms with E-state index in [1.807, 2.05) is 18.5 Å². The zero-order valence-electron chi connectivity index (χ0n) is 20.4. The van der Waals surface area contributed by atoms with Gasteiger partial charge in [-0.2, -0.15) is 5.10 Å². The molecule has 35 heavy (non-hydrogen) atoms. The van der Waals surface area contributed by atoms with E-state index < -0.39 is 0 Å². The Morgan fingerprint density at radius 2 is 2.03 bits per heavy atom. The van der Waals surface area contributed by atoms with Crippen LogP contribution in [-0.2, 0) is 0 Å². The number of rotatable bonds is 5. The van der Waals surface area contributed by atoms with Crippen molar-refractivity contribution in [3.05, 3.63) is 31.0 Å². The molecule has 0 spiro atoms. The van der Waals surface area contributed by atoms with Crippen LogP contribution in [0.25, 0.3) is 22.3 Å². The number of urea groups is 1. The third-order valence-electron chi connectivity index (χ3n) is 8.39. The molecule has 5 heterocycles. The molecule has 2 amide bonds. The van der Waals surface area contributed by atoms with Gasteiger partial charge in [-0.3, -0.25) is 9.58 Å². The highest BCUT2D eigenvalue weighted by Gasteiger charge is 2.46. The smallest absolute Gasteiger partial charge is 0.320 e. The van der Waals surface area contributed by atoms with Gasteiger partial charge >= 0.3 is 6.03 Å². The van der Waals surface area contributed by atoms with Gasteiger partial charge in [0.15, 0.2) is 0 Å². The zero-order chi connectivity index (χ0) is 23.9. The Morgan fingerprint density at radius 3 is 2.80 bits per heavy atom. The first kappa shape index (κ1) is 22.5. The van der Waals surface area contributed by atoms with Crippen molar-refractivity contribution in [1.29, 1.82) is 0 Å². The van der Waals surface area contributed by atoms with Gasteiger partial charge in [-0.05, 0) is 51.1 Å². The quantitative estimate of drug-likeness (QED) is 0.583. The molecule has 3 aromatic heterocycles. The fourth-order valence-electron chi connectivity index (χ4n) is 6.35. The van der Waals surface area contributed by atoms with Crippen LogP contribution in [0, 0.1) is 5.92 Å². The molecule has 2 saturated heterocycles. The van der Waals surface area contributed by atoms with Gasteiger partial charge in [-0.1, -0.05) is 0 Å². The number of hydrogen-bond acceptors (Lipinski definition) is 6. The number of carbonyl (C=O) groups excluding carboxylic acids is 1. The van der Waals surface area contributed by atoms with Gasteiger partial charge in [0.25, 0.3) is 0 Å². The highest BCUT2D eigenvalue weighted by Crippen LogP contribution is 2.44. The second-order valence-electron chi connectivity index (χ2n) is 10.3. The monoisotopic (exact) mass is 477 g/mol. The predicted octanol–water partition coefficient (Wildman–Crippen LogP) is 2.32. The zero-order valence-corrected chi connectivity index (χ0v) is 20.4. The van der Waals surface area contributed by atoms with Crippen LogP contribution in [0.2, 0.25) is 0 Å². The van der Waals surface area contributed by atoms with Crippen molar-refractivity contribution >= 4 is 17.1 Å². The molecule has 3 aliphatic rings. The van der Waals surface area contributed by atoms with Crippen molar-refractivity contribution in [2.24, 2.45) is 11.7 Å². The predicted molar refractivity (Wildman–Crippen MR) is 134 cm³/mol. The third-order valence-corrected chi connectivity index (χ3v) is 8.39. The Labute approximate surface area is 205 Å². The van der Waals surface area contributed by atoms with Crippen LogP contribution >= 0.6 is 0 Å². The van der Waals surface area contributed by atoms with Crippen LogP contribution < -0.4 is 5.73 Å². The number of likely N-dealkylation sites (tertiary alicyclic amines) is 1. The average molecular weight is 478 g/mol. The maximum Gasteiger partial charge on any atom is 0.320 e. The minimum Gasteiger partial charge on any atom is -0.346 e. The Bertz CT molecular complexity index is 1180. The fraction of sp³-hybridized carbons (Fsp3) is 0.600. The lowest BCUT2D eigenvalue weighted by atomic mass is 9.71. The summed E-state index contributed by atoms with van der Waals surface area (Å²) in [5, 5.41) is 5.74. The number of H-pyrrole nitrogens is 1. The number of aromatic amines is 1. The van der Waals surface area contributed by atoms with Crippen LogP contribution in [0.3, 0.4) is 0 Å². The first-order valence-electron chi connectivity index (χ1n) is 13.0. The van der Waals surface area contributed by atoms with Crippen molar-refractivity contribution in [3.63, 3.8) is 0 Å². The molecule has 10 heteroatoms. The lowest BCUT2D eigenvalue weighted by Gasteiger charge is -2.52. The second kappa shape index (κ2) is 9.23. The van der Waals surface area contributed by atoms with E-state index in [0.717, 1.165) is 80.7 Å². The summed E-state index contributed by atoms with van der Waals surface area (Å²) < 4.78 is 2.11. The Kier molecular flexibility index (Phi) is 5.93. The van der Waals surface area contributed by atoms with Gasteiger partial charge in [0.05, 0.1) is 17.9 Å². The number of aromatic nitrogens is 5. The highest BCUT2D eigenvalue weighted by molar-refractivity contribution is 5.90. The van der Waals surface area contributed by atoms with Gasteiger partial charge in [0.2, 0.25) is 0 Å². The topological polar surface area (TPSA) is 112 Å². The maximum atomic E-state index is 13.0. The van der Waals surface area contributed by atoms with Crippen LogP contribution in [0.15, 0.2) is 31.0 Å². The third kappa shape index (κ3) is 3.98. The lowest BCUT2D eigenvalue weighted by molar-refractivity contribution is -0.0189. The summed E-state index contributed by atoms with van der Waals surface area (Å²) in [7, 11) is 0. The SMILES string of the molecule is CC1CCCN1C(=O)N1CCN(C2CC(n3cc(-c4ncnc5[nH]ccc45)cn3)C2CCN)CC1. The normalized spacial score (nSPS) is 27.5. The van der Waals surface area contributed by atoms with E-state index in [-0.39, 0.29) is 6.03 Å². The highest BCUT2D eigenvalue weighted by atomic mass is 16.2. The Balaban J connectivity index is 1.11. The first-order valence-corrected chi connectivity index (χ1v) is 13.0. The van der Waals surface area contributed by atoms with Gasteiger partial charge in [-0.25, -0.2) is 14.8 Å². The summed E-state index contributed by atoms with van der Waals surface area (Å²) in [6.07, 6.45) is 11.8. The van der Waals surface area contributed by atoms with Crippen molar-refractivity contribution < 1.29 is 4.79 Å². The van der Waals surface area contributed by atoms with E-state index in [9.17, 15) is 4.79 Å². The van der Waals surface area contributed by atoms with Crippen LogP contribution in [0.5, 0.6) is 0 Å². The molecule has 0 bridgehead atoms. The first-order chi connectivity index (χ1) is 17.1. The van der Waals surface area contributed by atoms with Crippen molar-refractivity contribution in [3.8, 4) is 11.3 Å². The van der Waals surface area contributed by atoms with E-state index in [2.05, 4.69) is 47.5 Å². The molecule has 4 atom stereocenters. The standard InChI is InChI=1S/C25H35N9O/c1-17-3-2-8-33(17)25(35)32-11-9-31(10-12-32)21-13-22(19(21)4-6-26)34-15-18(14-30-34)23-20-5-7-27-24(20)29-16-28-23/h5,7,14-17,19,21-22H,2-4,6,8-13,26H2,1H3,(H,27,28,29). The number of piperazine rings is 1. The summed E-state index contributed by atoms with van der Waals surface area (Å²) in [4.78, 5) is 31.6. The summed E-state index contributed by atoms with van der Waals surface area (Å²) in [5.41, 5.74) is 8.79. The number of fused-ring (bicyclic) bond motifs is 1. The molecule has 0 aromatic carbocycles. The van der Waals surface area contributed by atoms with Crippen molar-refractivity contribution in [2.75, 3.05) is 39.3 Å². The summed E-state index contributed by atoms with van der Waals surface area (Å²) in [6.45, 7) is 7.23.